The van der Waals surface area contributed by atoms with Crippen LogP contribution in [0.1, 0.15) is 83.1 Å². The summed E-state index contributed by atoms with van der Waals surface area (Å²) in [5.41, 5.74) is 6.71. The first-order chi connectivity index (χ1) is 16.7. The lowest BCUT2D eigenvalue weighted by Gasteiger charge is -2.42. The van der Waals surface area contributed by atoms with Crippen molar-refractivity contribution in [3.8, 4) is 11.1 Å². The minimum atomic E-state index is -0.171. The molecule has 0 aromatic heterocycles. The van der Waals surface area contributed by atoms with Crippen molar-refractivity contribution in [1.29, 1.82) is 0 Å². The highest BCUT2D eigenvalue weighted by Gasteiger charge is 2.28. The molecule has 36 heavy (non-hydrogen) atoms. The van der Waals surface area contributed by atoms with Crippen LogP contribution in [0.2, 0.25) is 0 Å². The Kier molecular flexibility index (Phi) is 10.7. The minimum Gasteiger partial charge on any atom is -0.367 e. The van der Waals surface area contributed by atoms with Gasteiger partial charge in [-0.25, -0.2) is 0 Å². The third kappa shape index (κ3) is 6.77. The summed E-state index contributed by atoms with van der Waals surface area (Å²) in [6.07, 6.45) is 0. The predicted octanol–water partition coefficient (Wildman–Crippen LogP) is 8.59. The van der Waals surface area contributed by atoms with Crippen molar-refractivity contribution in [1.82, 2.24) is 0 Å². The van der Waals surface area contributed by atoms with Crippen molar-refractivity contribution in [2.24, 2.45) is 0 Å². The smallest absolute Gasteiger partial charge is 0.0492 e. The Balaban J connectivity index is 3.13. The van der Waals surface area contributed by atoms with Gasteiger partial charge in [0.25, 0.3) is 0 Å². The molecule has 4 heteroatoms. The van der Waals surface area contributed by atoms with E-state index in [1.165, 1.54) is 33.5 Å². The zero-order chi connectivity index (χ0) is 27.5. The quantitative estimate of drug-likeness (QED) is 0.280. The summed E-state index contributed by atoms with van der Waals surface area (Å²) in [6, 6.07) is 16.7. The molecule has 0 aliphatic carbocycles. The molecule has 0 aliphatic heterocycles. The highest BCUT2D eigenvalue weighted by atomic mass is 31.1. The fourth-order valence-electron chi connectivity index (χ4n) is 5.89. The standard InChI is InChI=1S/C32H54N3P/c1-21(2)33(22(3)4)28-19-30(34(23(5)6)24(7)8)32(27-16-15-17-29(18-27)36(13)14)31(20-28)35(25(9)10)26(11)12/h15-26H,1-14H3. The highest BCUT2D eigenvalue weighted by Crippen LogP contribution is 2.46. The average Bonchev–Trinajstić information content (AvgIpc) is 2.72. The number of hydrogen-bond donors (Lipinski definition) is 0. The van der Waals surface area contributed by atoms with Crippen LogP contribution in [0.5, 0.6) is 0 Å². The molecule has 0 spiro atoms. The molecule has 2 rings (SSSR count). The lowest BCUT2D eigenvalue weighted by atomic mass is 9.95. The van der Waals surface area contributed by atoms with Gasteiger partial charge in [0, 0.05) is 58.9 Å². The average molecular weight is 512 g/mol. The topological polar surface area (TPSA) is 9.72 Å². The van der Waals surface area contributed by atoms with Gasteiger partial charge in [0.05, 0.1) is 0 Å². The van der Waals surface area contributed by atoms with Crippen molar-refractivity contribution >= 4 is 30.3 Å². The monoisotopic (exact) mass is 511 g/mol. The van der Waals surface area contributed by atoms with Crippen molar-refractivity contribution < 1.29 is 0 Å². The molecule has 0 radical (unpaired) electrons. The first kappa shape index (κ1) is 30.5. The number of nitrogens with zero attached hydrogens (tertiary/aromatic N) is 3. The van der Waals surface area contributed by atoms with Gasteiger partial charge < -0.3 is 14.7 Å². The molecule has 0 aliphatic rings. The van der Waals surface area contributed by atoms with E-state index < -0.39 is 0 Å². The molecule has 2 aromatic carbocycles. The fraction of sp³-hybridized carbons (Fsp3) is 0.625. The summed E-state index contributed by atoms with van der Waals surface area (Å²) in [4.78, 5) is 7.81. The van der Waals surface area contributed by atoms with Gasteiger partial charge in [-0.2, -0.15) is 0 Å². The number of hydrogen-bond acceptors (Lipinski definition) is 3. The van der Waals surface area contributed by atoms with E-state index in [9.17, 15) is 0 Å². The Hall–Kier alpha value is -1.73. The fourth-order valence-corrected chi connectivity index (χ4v) is 6.67. The first-order valence-electron chi connectivity index (χ1n) is 14.0. The molecule has 0 saturated carbocycles. The maximum atomic E-state index is 2.62. The van der Waals surface area contributed by atoms with E-state index in [2.05, 4.69) is 148 Å². The molecule has 0 heterocycles. The van der Waals surface area contributed by atoms with E-state index in [-0.39, 0.29) is 7.92 Å². The Bertz CT molecular complexity index is 910. The van der Waals surface area contributed by atoms with Crippen LogP contribution in [0.15, 0.2) is 36.4 Å². The van der Waals surface area contributed by atoms with Crippen LogP contribution < -0.4 is 20.0 Å². The summed E-state index contributed by atoms with van der Waals surface area (Å²) in [6.45, 7) is 32.6. The molecular formula is C32H54N3P. The molecule has 0 N–H and O–H groups in total. The molecule has 0 atom stereocenters. The van der Waals surface area contributed by atoms with E-state index in [4.69, 9.17) is 0 Å². The molecule has 2 aromatic rings. The minimum absolute atomic E-state index is 0.171. The van der Waals surface area contributed by atoms with Crippen LogP contribution in [0.25, 0.3) is 11.1 Å². The van der Waals surface area contributed by atoms with Gasteiger partial charge in [0.1, 0.15) is 0 Å². The van der Waals surface area contributed by atoms with Crippen LogP contribution in [0, 0.1) is 0 Å². The zero-order valence-electron chi connectivity index (χ0n) is 25.7. The molecule has 0 fully saturated rings. The normalized spacial score (nSPS) is 12.2. The second-order valence-corrected chi connectivity index (χ2v) is 14.4. The zero-order valence-corrected chi connectivity index (χ0v) is 26.6. The third-order valence-electron chi connectivity index (χ3n) is 6.93. The third-order valence-corrected chi connectivity index (χ3v) is 8.24. The second kappa shape index (κ2) is 12.7. The SMILES string of the molecule is CC(C)N(c1cc(N(C(C)C)C(C)C)c(-c2cccc(P(C)C)c2)c(N(C(C)C)C(C)C)c1)C(C)C. The van der Waals surface area contributed by atoms with E-state index in [0.717, 1.165) is 0 Å². The Morgan fingerprint density at radius 3 is 1.25 bits per heavy atom. The van der Waals surface area contributed by atoms with Gasteiger partial charge in [-0.15, -0.1) is 0 Å². The Labute approximate surface area is 225 Å². The molecular weight excluding hydrogens is 457 g/mol. The van der Waals surface area contributed by atoms with E-state index in [0.29, 0.717) is 36.3 Å². The molecule has 0 saturated heterocycles. The first-order valence-corrected chi connectivity index (χ1v) is 16.2. The van der Waals surface area contributed by atoms with Gasteiger partial charge in [-0.05, 0) is 125 Å². The van der Waals surface area contributed by atoms with Crippen molar-refractivity contribution in [2.45, 2.75) is 119 Å². The number of rotatable bonds is 11. The van der Waals surface area contributed by atoms with Crippen LogP contribution in [-0.2, 0) is 0 Å². The molecule has 3 nitrogen and oxygen atoms in total. The van der Waals surface area contributed by atoms with Gasteiger partial charge in [-0.3, -0.25) is 0 Å². The molecule has 0 unspecified atom stereocenters. The van der Waals surface area contributed by atoms with Gasteiger partial charge >= 0.3 is 0 Å². The Morgan fingerprint density at radius 2 is 0.917 bits per heavy atom. The molecule has 202 valence electrons. The van der Waals surface area contributed by atoms with Crippen molar-refractivity contribution in [3.05, 3.63) is 36.4 Å². The number of benzene rings is 2. The van der Waals surface area contributed by atoms with Crippen molar-refractivity contribution in [2.75, 3.05) is 28.0 Å². The largest absolute Gasteiger partial charge is 0.367 e. The highest BCUT2D eigenvalue weighted by molar-refractivity contribution is 7.64. The van der Waals surface area contributed by atoms with Gasteiger partial charge in [-0.1, -0.05) is 26.1 Å². The lowest BCUT2D eigenvalue weighted by Crippen LogP contribution is -2.41. The second-order valence-electron chi connectivity index (χ2n) is 12.1. The van der Waals surface area contributed by atoms with Crippen LogP contribution in [-0.4, -0.2) is 49.6 Å². The predicted molar refractivity (Wildman–Crippen MR) is 169 cm³/mol. The van der Waals surface area contributed by atoms with Gasteiger partial charge in [0.15, 0.2) is 0 Å². The van der Waals surface area contributed by atoms with Crippen LogP contribution in [0.3, 0.4) is 0 Å². The summed E-state index contributed by atoms with van der Waals surface area (Å²) < 4.78 is 0. The van der Waals surface area contributed by atoms with Crippen molar-refractivity contribution in [3.63, 3.8) is 0 Å². The van der Waals surface area contributed by atoms with E-state index >= 15 is 0 Å². The lowest BCUT2D eigenvalue weighted by molar-refractivity contribution is 0.594. The maximum Gasteiger partial charge on any atom is 0.0492 e. The maximum absolute atomic E-state index is 2.62. The van der Waals surface area contributed by atoms with Gasteiger partial charge in [0.2, 0.25) is 0 Å². The van der Waals surface area contributed by atoms with E-state index in [1.807, 2.05) is 0 Å². The Morgan fingerprint density at radius 1 is 0.528 bits per heavy atom. The molecule has 0 amide bonds. The van der Waals surface area contributed by atoms with Crippen LogP contribution in [0.4, 0.5) is 17.1 Å². The number of anilines is 3. The summed E-state index contributed by atoms with van der Waals surface area (Å²) >= 11 is 0. The summed E-state index contributed by atoms with van der Waals surface area (Å²) in [5.74, 6) is 0. The van der Waals surface area contributed by atoms with E-state index in [1.54, 1.807) is 0 Å². The molecule has 0 bridgehead atoms. The summed E-state index contributed by atoms with van der Waals surface area (Å²) in [7, 11) is -0.171. The van der Waals surface area contributed by atoms with Crippen LogP contribution >= 0.6 is 7.92 Å². The summed E-state index contributed by atoms with van der Waals surface area (Å²) in [5, 5.41) is 1.45.